The van der Waals surface area contributed by atoms with E-state index < -0.39 is 25.1 Å². The number of carbonyl (C=O) groups excluding carboxylic acids is 4. The number of esters is 1. The van der Waals surface area contributed by atoms with E-state index in [1.807, 2.05) is 0 Å². The molecule has 0 radical (unpaired) electrons. The summed E-state index contributed by atoms with van der Waals surface area (Å²) in [6.45, 7) is -1.09. The summed E-state index contributed by atoms with van der Waals surface area (Å²) in [5, 5.41) is 3.17. The van der Waals surface area contributed by atoms with E-state index in [0.29, 0.717) is 10.6 Å². The first kappa shape index (κ1) is 22.5. The van der Waals surface area contributed by atoms with Crippen molar-refractivity contribution in [3.63, 3.8) is 0 Å². The van der Waals surface area contributed by atoms with Crippen molar-refractivity contribution < 1.29 is 28.7 Å². The van der Waals surface area contributed by atoms with Gasteiger partial charge in [-0.25, -0.2) is 4.79 Å². The fraction of sp³-hybridized carbons (Fsp3) is 0.0833. The minimum atomic E-state index is -0.800. The van der Waals surface area contributed by atoms with Gasteiger partial charge in [-0.2, -0.15) is 0 Å². The van der Waals surface area contributed by atoms with Crippen molar-refractivity contribution in [3.8, 4) is 5.75 Å². The van der Waals surface area contributed by atoms with Crippen molar-refractivity contribution in [1.29, 1.82) is 0 Å². The topological polar surface area (TPSA) is 98.8 Å². The molecule has 1 aliphatic rings. The summed E-state index contributed by atoms with van der Waals surface area (Å²) in [6, 6.07) is 15.6. The molecule has 0 atom stereocenters. The summed E-state index contributed by atoms with van der Waals surface area (Å²) in [7, 11) is 0. The number of fused-ring (bicyclic) bond motifs is 2. The van der Waals surface area contributed by atoms with Crippen LogP contribution in [0.25, 0.3) is 0 Å². The number of hydrogen-bond donors (Lipinski definition) is 1. The van der Waals surface area contributed by atoms with Gasteiger partial charge in [-0.1, -0.05) is 59.6 Å². The number of rotatable bonds is 6. The SMILES string of the molecule is O=C(COC(=O)COc1ccc(Cl)cc1Cl)Nc1cccc2c1C(=O)c1ccccc1C2=O. The lowest BCUT2D eigenvalue weighted by Gasteiger charge is -2.20. The van der Waals surface area contributed by atoms with Gasteiger partial charge in [-0.15, -0.1) is 0 Å². The average molecular weight is 484 g/mol. The van der Waals surface area contributed by atoms with Gasteiger partial charge >= 0.3 is 5.97 Å². The number of benzene rings is 3. The van der Waals surface area contributed by atoms with Gasteiger partial charge in [0.2, 0.25) is 0 Å². The van der Waals surface area contributed by atoms with Gasteiger partial charge in [-0.05, 0) is 24.3 Å². The molecule has 0 bridgehead atoms. The van der Waals surface area contributed by atoms with E-state index in [4.69, 9.17) is 32.7 Å². The van der Waals surface area contributed by atoms with Gasteiger partial charge in [-0.3, -0.25) is 14.4 Å². The zero-order valence-corrected chi connectivity index (χ0v) is 18.4. The van der Waals surface area contributed by atoms with Gasteiger partial charge in [0.1, 0.15) is 5.75 Å². The van der Waals surface area contributed by atoms with Crippen LogP contribution < -0.4 is 10.1 Å². The molecule has 0 spiro atoms. The molecule has 0 unspecified atom stereocenters. The third-order valence-electron chi connectivity index (χ3n) is 4.83. The van der Waals surface area contributed by atoms with Crippen LogP contribution in [-0.4, -0.2) is 36.7 Å². The van der Waals surface area contributed by atoms with Crippen LogP contribution in [-0.2, 0) is 14.3 Å². The van der Waals surface area contributed by atoms with Crippen LogP contribution >= 0.6 is 23.2 Å². The van der Waals surface area contributed by atoms with Crippen molar-refractivity contribution in [1.82, 2.24) is 0 Å². The number of nitrogens with one attached hydrogen (secondary N) is 1. The second-order valence-corrected chi connectivity index (χ2v) is 7.85. The van der Waals surface area contributed by atoms with Crippen molar-refractivity contribution in [2.45, 2.75) is 0 Å². The Balaban J connectivity index is 1.39. The van der Waals surface area contributed by atoms with Crippen LogP contribution in [0.4, 0.5) is 5.69 Å². The van der Waals surface area contributed by atoms with E-state index in [0.717, 1.165) is 0 Å². The standard InChI is InChI=1S/C24H15Cl2NO6/c25-13-8-9-19(17(26)10-13)32-12-21(29)33-11-20(28)27-18-7-3-6-16-22(18)24(31)15-5-2-1-4-14(15)23(16)30/h1-10H,11-12H2,(H,27,28). The molecule has 1 amide bonds. The Labute approximate surface area is 198 Å². The van der Waals surface area contributed by atoms with E-state index in [1.165, 1.54) is 24.3 Å². The molecular weight excluding hydrogens is 469 g/mol. The second-order valence-electron chi connectivity index (χ2n) is 7.00. The number of ether oxygens (including phenoxy) is 2. The lowest BCUT2D eigenvalue weighted by atomic mass is 9.83. The molecule has 0 saturated heterocycles. The van der Waals surface area contributed by atoms with Crippen molar-refractivity contribution in [3.05, 3.63) is 93.0 Å². The number of hydrogen-bond acceptors (Lipinski definition) is 6. The minimum absolute atomic E-state index is 0.0987. The highest BCUT2D eigenvalue weighted by Gasteiger charge is 2.31. The predicted molar refractivity (Wildman–Crippen MR) is 121 cm³/mol. The number of carbonyl (C=O) groups is 4. The fourth-order valence-electron chi connectivity index (χ4n) is 3.35. The molecular formula is C24H15Cl2NO6. The van der Waals surface area contributed by atoms with Gasteiger partial charge < -0.3 is 14.8 Å². The normalized spacial score (nSPS) is 11.9. The van der Waals surface area contributed by atoms with Crippen molar-refractivity contribution >= 4 is 52.3 Å². The average Bonchev–Trinajstić information content (AvgIpc) is 2.80. The molecule has 4 rings (SSSR count). The maximum absolute atomic E-state index is 13.0. The van der Waals surface area contributed by atoms with E-state index in [1.54, 1.807) is 36.4 Å². The largest absolute Gasteiger partial charge is 0.480 e. The van der Waals surface area contributed by atoms with Crippen LogP contribution in [0.1, 0.15) is 31.8 Å². The lowest BCUT2D eigenvalue weighted by Crippen LogP contribution is -2.26. The molecule has 0 saturated carbocycles. The maximum Gasteiger partial charge on any atom is 0.344 e. The van der Waals surface area contributed by atoms with E-state index in [2.05, 4.69) is 5.32 Å². The molecule has 1 N–H and O–H groups in total. The zero-order valence-electron chi connectivity index (χ0n) is 16.9. The highest BCUT2D eigenvalue weighted by atomic mass is 35.5. The molecule has 166 valence electrons. The molecule has 0 aromatic heterocycles. The molecule has 3 aromatic rings. The molecule has 1 aliphatic carbocycles. The Bertz CT molecular complexity index is 1300. The van der Waals surface area contributed by atoms with E-state index in [-0.39, 0.29) is 44.7 Å². The molecule has 3 aromatic carbocycles. The summed E-state index contributed by atoms with van der Waals surface area (Å²) in [6.07, 6.45) is 0. The Hall–Kier alpha value is -3.68. The van der Waals surface area contributed by atoms with Gasteiger partial charge in [0.05, 0.1) is 16.3 Å². The maximum atomic E-state index is 13.0. The summed E-state index contributed by atoms with van der Waals surface area (Å²) in [4.78, 5) is 50.0. The number of anilines is 1. The molecule has 7 nitrogen and oxygen atoms in total. The Morgan fingerprint density at radius 1 is 0.818 bits per heavy atom. The van der Waals surface area contributed by atoms with Crippen molar-refractivity contribution in [2.75, 3.05) is 18.5 Å². The van der Waals surface area contributed by atoms with Crippen LogP contribution in [0.15, 0.2) is 60.7 Å². The molecule has 9 heteroatoms. The Morgan fingerprint density at radius 2 is 1.52 bits per heavy atom. The minimum Gasteiger partial charge on any atom is -0.480 e. The van der Waals surface area contributed by atoms with Gasteiger partial charge in [0.15, 0.2) is 24.8 Å². The molecule has 0 heterocycles. The summed E-state index contributed by atoms with van der Waals surface area (Å²) < 4.78 is 10.2. The fourth-order valence-corrected chi connectivity index (χ4v) is 3.82. The smallest absolute Gasteiger partial charge is 0.344 e. The van der Waals surface area contributed by atoms with Crippen molar-refractivity contribution in [2.24, 2.45) is 0 Å². The predicted octanol–water partition coefficient (Wildman–Crippen LogP) is 4.33. The Morgan fingerprint density at radius 3 is 2.24 bits per heavy atom. The molecule has 33 heavy (non-hydrogen) atoms. The van der Waals surface area contributed by atoms with E-state index in [9.17, 15) is 19.2 Å². The monoisotopic (exact) mass is 483 g/mol. The third-order valence-corrected chi connectivity index (χ3v) is 5.36. The number of ketones is 2. The number of halogens is 2. The molecule has 0 fully saturated rings. The van der Waals surface area contributed by atoms with Crippen LogP contribution in [0.2, 0.25) is 10.0 Å². The zero-order chi connectivity index (χ0) is 23.5. The molecule has 0 aliphatic heterocycles. The lowest BCUT2D eigenvalue weighted by molar-refractivity contribution is -0.149. The summed E-state index contributed by atoms with van der Waals surface area (Å²) in [5.74, 6) is -1.92. The quantitative estimate of drug-likeness (QED) is 0.409. The van der Waals surface area contributed by atoms with Crippen LogP contribution in [0.5, 0.6) is 5.75 Å². The highest BCUT2D eigenvalue weighted by Crippen LogP contribution is 2.32. The first-order valence-electron chi connectivity index (χ1n) is 9.70. The van der Waals surface area contributed by atoms with E-state index >= 15 is 0 Å². The van der Waals surface area contributed by atoms with Gasteiger partial charge in [0.25, 0.3) is 5.91 Å². The van der Waals surface area contributed by atoms with Crippen LogP contribution in [0.3, 0.4) is 0 Å². The second kappa shape index (κ2) is 9.44. The van der Waals surface area contributed by atoms with Gasteiger partial charge in [0, 0.05) is 21.7 Å². The van der Waals surface area contributed by atoms with Crippen LogP contribution in [0, 0.1) is 0 Å². The number of amides is 1. The third kappa shape index (κ3) is 4.74. The first-order valence-corrected chi connectivity index (χ1v) is 10.5. The highest BCUT2D eigenvalue weighted by molar-refractivity contribution is 6.35. The summed E-state index contributed by atoms with van der Waals surface area (Å²) in [5.41, 5.74) is 1.03. The summed E-state index contributed by atoms with van der Waals surface area (Å²) >= 11 is 11.8. The first-order chi connectivity index (χ1) is 15.8. The Kier molecular flexibility index (Phi) is 6.44.